The van der Waals surface area contributed by atoms with Gasteiger partial charge in [0.05, 0.1) is 22.1 Å². The molecule has 0 aliphatic carbocycles. The molecule has 1 heterocycles. The number of nitro groups is 1. The van der Waals surface area contributed by atoms with E-state index in [1.54, 1.807) is 17.0 Å². The van der Waals surface area contributed by atoms with Crippen LogP contribution >= 0.6 is 11.8 Å². The minimum Gasteiger partial charge on any atom is -0.273 e. The lowest BCUT2D eigenvalue weighted by Crippen LogP contribution is -2.32. The molecule has 1 saturated heterocycles. The van der Waals surface area contributed by atoms with E-state index >= 15 is 0 Å². The van der Waals surface area contributed by atoms with E-state index in [0.29, 0.717) is 17.2 Å². The molecule has 1 aliphatic rings. The lowest BCUT2D eigenvalue weighted by molar-refractivity contribution is -0.384. The van der Waals surface area contributed by atoms with Crippen molar-refractivity contribution in [3.63, 3.8) is 0 Å². The highest BCUT2D eigenvalue weighted by Crippen LogP contribution is 2.33. The Morgan fingerprint density at radius 1 is 1.00 bits per heavy atom. The van der Waals surface area contributed by atoms with Crippen LogP contribution in [0.15, 0.2) is 95.1 Å². The van der Waals surface area contributed by atoms with E-state index in [4.69, 9.17) is 0 Å². The van der Waals surface area contributed by atoms with Crippen molar-refractivity contribution in [2.75, 3.05) is 4.90 Å². The predicted molar refractivity (Wildman–Crippen MR) is 124 cm³/mol. The highest BCUT2D eigenvalue weighted by molar-refractivity contribution is 8.16. The number of benzene rings is 3. The van der Waals surface area contributed by atoms with Gasteiger partial charge in [0, 0.05) is 17.7 Å². The van der Waals surface area contributed by atoms with E-state index in [1.807, 2.05) is 60.7 Å². The average molecular weight is 430 g/mol. The van der Waals surface area contributed by atoms with Gasteiger partial charge < -0.3 is 0 Å². The largest absolute Gasteiger partial charge is 0.273 e. The minimum absolute atomic E-state index is 0.0177. The van der Waals surface area contributed by atoms with E-state index in [0.717, 1.165) is 11.3 Å². The van der Waals surface area contributed by atoms with Crippen molar-refractivity contribution < 1.29 is 9.72 Å². The number of rotatable bonds is 6. The number of amides is 1. The number of carbonyl (C=O) groups excluding carboxylic acids is 1. The minimum atomic E-state index is -0.458. The quantitative estimate of drug-likeness (QED) is 0.323. The van der Waals surface area contributed by atoms with E-state index in [2.05, 4.69) is 10.2 Å². The van der Waals surface area contributed by atoms with Gasteiger partial charge >= 0.3 is 0 Å². The highest BCUT2D eigenvalue weighted by atomic mass is 32.2. The number of nitro benzene ring substituents is 1. The average Bonchev–Trinajstić information content (AvgIpc) is 3.10. The second kappa shape index (κ2) is 9.36. The molecule has 0 radical (unpaired) electrons. The SMILES string of the molecule is O=C1C(Cc2ccccc2)SC(=NN=Cc2cccc([N+](=O)[O-])c2)N1c1ccccc1. The van der Waals surface area contributed by atoms with Crippen molar-refractivity contribution in [2.24, 2.45) is 10.2 Å². The van der Waals surface area contributed by atoms with Crippen LogP contribution in [0.2, 0.25) is 0 Å². The molecule has 3 aromatic carbocycles. The van der Waals surface area contributed by atoms with Crippen molar-refractivity contribution in [3.05, 3.63) is 106 Å². The third kappa shape index (κ3) is 4.87. The van der Waals surface area contributed by atoms with Gasteiger partial charge in [0.1, 0.15) is 0 Å². The summed E-state index contributed by atoms with van der Waals surface area (Å²) in [6.07, 6.45) is 2.03. The third-order valence-electron chi connectivity index (χ3n) is 4.64. The molecule has 3 aromatic rings. The molecule has 1 amide bonds. The molecule has 1 fully saturated rings. The van der Waals surface area contributed by atoms with Crippen molar-refractivity contribution in [2.45, 2.75) is 11.7 Å². The van der Waals surface area contributed by atoms with Crippen molar-refractivity contribution in [1.82, 2.24) is 0 Å². The van der Waals surface area contributed by atoms with Gasteiger partial charge in [0.15, 0.2) is 5.17 Å². The number of carbonyl (C=O) groups is 1. The molecule has 1 aliphatic heterocycles. The van der Waals surface area contributed by atoms with E-state index in [-0.39, 0.29) is 16.8 Å². The van der Waals surface area contributed by atoms with Crippen LogP contribution in [0, 0.1) is 10.1 Å². The summed E-state index contributed by atoms with van der Waals surface area (Å²) >= 11 is 1.36. The topological polar surface area (TPSA) is 88.2 Å². The second-order valence-electron chi connectivity index (χ2n) is 6.78. The number of nitrogens with zero attached hydrogens (tertiary/aromatic N) is 4. The molecular formula is C23H18N4O3S. The van der Waals surface area contributed by atoms with Crippen LogP contribution in [0.25, 0.3) is 0 Å². The van der Waals surface area contributed by atoms with Crippen LogP contribution in [-0.4, -0.2) is 27.5 Å². The maximum atomic E-state index is 13.2. The zero-order chi connectivity index (χ0) is 21.6. The maximum absolute atomic E-state index is 13.2. The van der Waals surface area contributed by atoms with Gasteiger partial charge in [-0.25, -0.2) is 0 Å². The molecule has 8 heteroatoms. The Bertz CT molecular complexity index is 1150. The summed E-state index contributed by atoms with van der Waals surface area (Å²) in [4.78, 5) is 25.2. The van der Waals surface area contributed by atoms with Gasteiger partial charge in [0.2, 0.25) is 5.91 Å². The zero-order valence-electron chi connectivity index (χ0n) is 16.4. The van der Waals surface area contributed by atoms with E-state index in [1.165, 1.54) is 30.1 Å². The van der Waals surface area contributed by atoms with Crippen molar-refractivity contribution in [3.8, 4) is 0 Å². The maximum Gasteiger partial charge on any atom is 0.270 e. The number of thioether (sulfide) groups is 1. The molecular weight excluding hydrogens is 412 g/mol. The Kier molecular flexibility index (Phi) is 6.18. The summed E-state index contributed by atoms with van der Waals surface area (Å²) in [7, 11) is 0. The number of non-ortho nitro benzene ring substituents is 1. The zero-order valence-corrected chi connectivity index (χ0v) is 17.2. The van der Waals surface area contributed by atoms with Crippen LogP contribution in [0.3, 0.4) is 0 Å². The standard InChI is InChI=1S/C23H18N4O3S/c28-22-21(15-17-8-3-1-4-9-17)31-23(26(22)19-11-5-2-6-12-19)25-24-16-18-10-7-13-20(14-18)27(29)30/h1-14,16,21H,15H2. The Labute approximate surface area is 183 Å². The van der Waals surface area contributed by atoms with Crippen LogP contribution in [0.5, 0.6) is 0 Å². The smallest absolute Gasteiger partial charge is 0.270 e. The number of hydrogen-bond donors (Lipinski definition) is 0. The third-order valence-corrected chi connectivity index (χ3v) is 5.77. The number of para-hydroxylation sites is 1. The summed E-state index contributed by atoms with van der Waals surface area (Å²) in [5.41, 5.74) is 2.33. The Hall–Kier alpha value is -3.78. The molecule has 0 aromatic heterocycles. The molecule has 1 unspecified atom stereocenters. The molecule has 154 valence electrons. The lowest BCUT2D eigenvalue weighted by atomic mass is 10.1. The van der Waals surface area contributed by atoms with Gasteiger partial charge in [-0.2, -0.15) is 5.10 Å². The number of anilines is 1. The molecule has 0 N–H and O–H groups in total. The molecule has 4 rings (SSSR count). The van der Waals surface area contributed by atoms with E-state index in [9.17, 15) is 14.9 Å². The van der Waals surface area contributed by atoms with Gasteiger partial charge in [0.25, 0.3) is 5.69 Å². The van der Waals surface area contributed by atoms with Crippen LogP contribution in [0.4, 0.5) is 11.4 Å². The first kappa shape index (κ1) is 20.5. The van der Waals surface area contributed by atoms with Crippen LogP contribution in [0.1, 0.15) is 11.1 Å². The van der Waals surface area contributed by atoms with Crippen LogP contribution < -0.4 is 4.90 Å². The summed E-state index contributed by atoms with van der Waals surface area (Å²) < 4.78 is 0. The second-order valence-corrected chi connectivity index (χ2v) is 7.95. The first-order chi connectivity index (χ1) is 15.1. The predicted octanol–water partition coefficient (Wildman–Crippen LogP) is 4.68. The summed E-state index contributed by atoms with van der Waals surface area (Å²) in [5.74, 6) is -0.0515. The molecule has 0 saturated carbocycles. The summed E-state index contributed by atoms with van der Waals surface area (Å²) in [6, 6.07) is 25.3. The molecule has 31 heavy (non-hydrogen) atoms. The van der Waals surface area contributed by atoms with Gasteiger partial charge in [-0.05, 0) is 24.1 Å². The first-order valence-electron chi connectivity index (χ1n) is 9.57. The monoisotopic (exact) mass is 430 g/mol. The molecule has 7 nitrogen and oxygen atoms in total. The van der Waals surface area contributed by atoms with Crippen molar-refractivity contribution >= 4 is 40.4 Å². The molecule has 0 spiro atoms. The molecule has 1 atom stereocenters. The first-order valence-corrected chi connectivity index (χ1v) is 10.4. The highest BCUT2D eigenvalue weighted by Gasteiger charge is 2.39. The summed E-state index contributed by atoms with van der Waals surface area (Å²) in [5, 5.41) is 19.5. The summed E-state index contributed by atoms with van der Waals surface area (Å²) in [6.45, 7) is 0. The van der Waals surface area contributed by atoms with Gasteiger partial charge in [-0.15, -0.1) is 5.10 Å². The van der Waals surface area contributed by atoms with Gasteiger partial charge in [-0.3, -0.25) is 19.8 Å². The fourth-order valence-electron chi connectivity index (χ4n) is 3.17. The van der Waals surface area contributed by atoms with E-state index < -0.39 is 4.92 Å². The normalized spacial score (nSPS) is 17.5. The fourth-order valence-corrected chi connectivity index (χ4v) is 4.30. The Morgan fingerprint density at radius 3 is 2.42 bits per heavy atom. The van der Waals surface area contributed by atoms with Gasteiger partial charge in [-0.1, -0.05) is 72.4 Å². The fraction of sp³-hybridized carbons (Fsp3) is 0.0870. The number of amidine groups is 1. The molecule has 0 bridgehead atoms. The number of hydrogen-bond acceptors (Lipinski definition) is 6. The van der Waals surface area contributed by atoms with Crippen LogP contribution in [-0.2, 0) is 11.2 Å². The Balaban J connectivity index is 1.61. The van der Waals surface area contributed by atoms with Crippen molar-refractivity contribution in [1.29, 1.82) is 0 Å². The Morgan fingerprint density at radius 2 is 1.71 bits per heavy atom. The lowest BCUT2D eigenvalue weighted by Gasteiger charge is -2.15.